The van der Waals surface area contributed by atoms with E-state index in [1.54, 1.807) is 0 Å². The average Bonchev–Trinajstić information content (AvgIpc) is 3.09. The first kappa shape index (κ1) is 17.0. The predicted molar refractivity (Wildman–Crippen MR) is 99.0 cm³/mol. The van der Waals surface area contributed by atoms with E-state index in [1.807, 2.05) is 0 Å². The van der Waals surface area contributed by atoms with Crippen molar-refractivity contribution in [3.63, 3.8) is 0 Å². The molecule has 4 aliphatic carbocycles. The molecule has 5 fully saturated rings. The van der Waals surface area contributed by atoms with Gasteiger partial charge >= 0.3 is 0 Å². The van der Waals surface area contributed by atoms with Crippen LogP contribution in [0.3, 0.4) is 0 Å². The second-order valence-electron chi connectivity index (χ2n) is 10.7. The van der Waals surface area contributed by atoms with Gasteiger partial charge in [0.05, 0.1) is 12.7 Å². The number of aliphatic hydroxyl groups excluding tert-OH is 1. The topological polar surface area (TPSA) is 32.7 Å². The van der Waals surface area contributed by atoms with E-state index in [0.29, 0.717) is 5.41 Å². The molecule has 1 N–H and O–H groups in total. The summed E-state index contributed by atoms with van der Waals surface area (Å²) in [6.45, 7) is 7.06. The van der Waals surface area contributed by atoms with Gasteiger partial charge in [-0.25, -0.2) is 0 Å². The zero-order chi connectivity index (χ0) is 17.4. The van der Waals surface area contributed by atoms with Gasteiger partial charge in [-0.1, -0.05) is 13.8 Å². The second-order valence-corrected chi connectivity index (χ2v) is 10.7. The first-order valence-electron chi connectivity index (χ1n) is 10.9. The molecule has 0 aromatic heterocycles. The zero-order valence-corrected chi connectivity index (χ0v) is 16.5. The third kappa shape index (κ3) is 2.15. The Labute approximate surface area is 153 Å². The Morgan fingerprint density at radius 3 is 2.48 bits per heavy atom. The van der Waals surface area contributed by atoms with Gasteiger partial charge in [-0.2, -0.15) is 0 Å². The van der Waals surface area contributed by atoms with Crippen LogP contribution in [0.5, 0.6) is 0 Å². The number of rotatable bonds is 0. The van der Waals surface area contributed by atoms with Crippen molar-refractivity contribution in [1.82, 2.24) is 4.90 Å². The highest BCUT2D eigenvalue weighted by molar-refractivity contribution is 5.11. The molecule has 25 heavy (non-hydrogen) atoms. The quantitative estimate of drug-likeness (QED) is 0.717. The minimum absolute atomic E-state index is 0.0425. The molecule has 5 rings (SSSR count). The first-order valence-corrected chi connectivity index (χ1v) is 10.9. The molecular weight excluding hydrogens is 310 g/mol. The van der Waals surface area contributed by atoms with Crippen molar-refractivity contribution >= 4 is 0 Å². The normalized spacial score (nSPS) is 58.8. The number of nitrogens with zero attached hydrogens (tertiary/aromatic N) is 1. The Morgan fingerprint density at radius 1 is 0.920 bits per heavy atom. The van der Waals surface area contributed by atoms with E-state index in [1.165, 1.54) is 51.4 Å². The smallest absolute Gasteiger partial charge is 0.121 e. The third-order valence-electron chi connectivity index (χ3n) is 10.1. The molecule has 0 aromatic carbocycles. The average molecular weight is 348 g/mol. The summed E-state index contributed by atoms with van der Waals surface area (Å²) in [6, 6.07) is 0. The van der Waals surface area contributed by atoms with Crippen molar-refractivity contribution in [2.45, 2.75) is 83.5 Å². The van der Waals surface area contributed by atoms with Crippen molar-refractivity contribution in [1.29, 1.82) is 0 Å². The fourth-order valence-corrected chi connectivity index (χ4v) is 8.35. The zero-order valence-electron chi connectivity index (χ0n) is 16.5. The molecular formula is C22H37NO2. The van der Waals surface area contributed by atoms with E-state index in [-0.39, 0.29) is 17.2 Å². The highest BCUT2D eigenvalue weighted by Gasteiger charge is 2.62. The molecule has 1 aliphatic heterocycles. The molecule has 0 unspecified atom stereocenters. The van der Waals surface area contributed by atoms with Crippen LogP contribution in [0.4, 0.5) is 0 Å². The predicted octanol–water partition coefficient (Wildman–Crippen LogP) is 4.05. The van der Waals surface area contributed by atoms with Gasteiger partial charge in [-0.05, 0) is 99.3 Å². The molecule has 142 valence electrons. The third-order valence-corrected chi connectivity index (χ3v) is 10.1. The summed E-state index contributed by atoms with van der Waals surface area (Å²) in [5.41, 5.74) is 0.786. The molecule has 0 bridgehead atoms. The van der Waals surface area contributed by atoms with E-state index in [0.717, 1.165) is 43.2 Å². The van der Waals surface area contributed by atoms with E-state index in [4.69, 9.17) is 4.74 Å². The SMILES string of the molecule is CN1CCO[C@]12CC[C@@]1(C)[C@H](CC[C@@H]3[C@@H]1CC[C@]1(C)[C@@H](O)CC[C@@H]31)C2. The van der Waals surface area contributed by atoms with E-state index < -0.39 is 0 Å². The lowest BCUT2D eigenvalue weighted by atomic mass is 9.44. The highest BCUT2D eigenvalue weighted by atomic mass is 16.5. The van der Waals surface area contributed by atoms with Crippen LogP contribution < -0.4 is 0 Å². The van der Waals surface area contributed by atoms with Crippen LogP contribution >= 0.6 is 0 Å². The maximum atomic E-state index is 10.6. The Bertz CT molecular complexity index is 552. The lowest BCUT2D eigenvalue weighted by Gasteiger charge is -2.62. The molecule has 3 heteroatoms. The molecule has 1 spiro atoms. The van der Waals surface area contributed by atoms with Crippen LogP contribution in [0.2, 0.25) is 0 Å². The summed E-state index contributed by atoms with van der Waals surface area (Å²) in [6.07, 6.45) is 11.5. The summed E-state index contributed by atoms with van der Waals surface area (Å²) >= 11 is 0. The van der Waals surface area contributed by atoms with Crippen LogP contribution in [-0.4, -0.2) is 42.0 Å². The number of hydrogen-bond acceptors (Lipinski definition) is 3. The largest absolute Gasteiger partial charge is 0.393 e. The summed E-state index contributed by atoms with van der Waals surface area (Å²) in [7, 11) is 2.27. The Balaban J connectivity index is 1.41. The molecule has 1 saturated heterocycles. The number of hydrogen-bond donors (Lipinski definition) is 1. The summed E-state index contributed by atoms with van der Waals surface area (Å²) in [5, 5.41) is 10.6. The Kier molecular flexibility index (Phi) is 3.71. The Morgan fingerprint density at radius 2 is 1.72 bits per heavy atom. The van der Waals surface area contributed by atoms with Crippen LogP contribution in [0.25, 0.3) is 0 Å². The fraction of sp³-hybridized carbons (Fsp3) is 1.00. The van der Waals surface area contributed by atoms with Gasteiger partial charge < -0.3 is 9.84 Å². The molecule has 0 aromatic rings. The van der Waals surface area contributed by atoms with Crippen LogP contribution in [0.1, 0.15) is 71.6 Å². The van der Waals surface area contributed by atoms with Crippen LogP contribution in [0.15, 0.2) is 0 Å². The van der Waals surface area contributed by atoms with Gasteiger partial charge in [0, 0.05) is 6.54 Å². The van der Waals surface area contributed by atoms with Crippen molar-refractivity contribution in [2.24, 2.45) is 34.5 Å². The summed E-state index contributed by atoms with van der Waals surface area (Å²) in [4.78, 5) is 2.50. The van der Waals surface area contributed by atoms with Crippen molar-refractivity contribution < 1.29 is 9.84 Å². The van der Waals surface area contributed by atoms with Crippen molar-refractivity contribution in [3.8, 4) is 0 Å². The van der Waals surface area contributed by atoms with Gasteiger partial charge in [-0.15, -0.1) is 0 Å². The molecule has 8 atom stereocenters. The lowest BCUT2D eigenvalue weighted by molar-refractivity contribution is -0.185. The molecule has 0 amide bonds. The standard InChI is InChI=1S/C22H37NO2/c1-20-10-11-22(23(3)12-13-25-22)14-15(20)4-5-16-17-6-7-19(24)21(17,2)9-8-18(16)20/h15-19,24H,4-14H2,1-3H3/t15-,16+,17+,18+,19+,20+,21+,22+/m1/s1. The number of fused-ring (bicyclic) bond motifs is 5. The van der Waals surface area contributed by atoms with Crippen LogP contribution in [-0.2, 0) is 4.74 Å². The number of aliphatic hydroxyl groups is 1. The van der Waals surface area contributed by atoms with E-state index in [2.05, 4.69) is 25.8 Å². The van der Waals surface area contributed by atoms with E-state index in [9.17, 15) is 5.11 Å². The van der Waals surface area contributed by atoms with E-state index >= 15 is 0 Å². The van der Waals surface area contributed by atoms with Crippen LogP contribution in [0, 0.1) is 34.5 Å². The molecule has 0 radical (unpaired) electrons. The fourth-order valence-electron chi connectivity index (χ4n) is 8.35. The second kappa shape index (κ2) is 5.45. The van der Waals surface area contributed by atoms with Gasteiger partial charge in [0.2, 0.25) is 0 Å². The number of likely N-dealkylation sites (N-methyl/N-ethyl adjacent to an activating group) is 1. The highest BCUT2D eigenvalue weighted by Crippen LogP contribution is 2.67. The maximum absolute atomic E-state index is 10.6. The lowest BCUT2D eigenvalue weighted by Crippen LogP contribution is -2.58. The number of ether oxygens (including phenoxy) is 1. The minimum Gasteiger partial charge on any atom is -0.393 e. The molecule has 1 heterocycles. The molecule has 3 nitrogen and oxygen atoms in total. The molecule has 5 aliphatic rings. The first-order chi connectivity index (χ1) is 11.9. The van der Waals surface area contributed by atoms with Gasteiger partial charge in [0.1, 0.15) is 5.72 Å². The maximum Gasteiger partial charge on any atom is 0.121 e. The van der Waals surface area contributed by atoms with Gasteiger partial charge in [0.15, 0.2) is 0 Å². The molecule has 4 saturated carbocycles. The Hall–Kier alpha value is -0.120. The minimum atomic E-state index is -0.0425. The summed E-state index contributed by atoms with van der Waals surface area (Å²) in [5.74, 6) is 3.37. The monoisotopic (exact) mass is 347 g/mol. The van der Waals surface area contributed by atoms with Gasteiger partial charge in [-0.3, -0.25) is 4.90 Å². The van der Waals surface area contributed by atoms with Gasteiger partial charge in [0.25, 0.3) is 0 Å². The summed E-state index contributed by atoms with van der Waals surface area (Å²) < 4.78 is 6.32. The van der Waals surface area contributed by atoms with Crippen molar-refractivity contribution in [3.05, 3.63) is 0 Å². The van der Waals surface area contributed by atoms with Crippen molar-refractivity contribution in [2.75, 3.05) is 20.2 Å².